The Morgan fingerprint density at radius 1 is 1.32 bits per heavy atom. The quantitative estimate of drug-likeness (QED) is 0.624. The van der Waals surface area contributed by atoms with Crippen molar-refractivity contribution in [1.82, 2.24) is 9.88 Å². The van der Waals surface area contributed by atoms with Crippen molar-refractivity contribution in [2.75, 3.05) is 31.1 Å². The number of aromatic nitrogens is 1. The Labute approximate surface area is 118 Å². The van der Waals surface area contributed by atoms with Gasteiger partial charge in [0.15, 0.2) is 5.58 Å². The molecule has 1 aromatic heterocycles. The number of nitrogens with two attached hydrogens (primary N) is 1. The summed E-state index contributed by atoms with van der Waals surface area (Å²) < 4.78 is 5.68. The summed E-state index contributed by atoms with van der Waals surface area (Å²) in [5, 5.41) is 0. The molecule has 0 amide bonds. The minimum absolute atomic E-state index is 0.712. The van der Waals surface area contributed by atoms with Gasteiger partial charge in [-0.3, -0.25) is 0 Å². The van der Waals surface area contributed by atoms with Gasteiger partial charge >= 0.3 is 0 Å². The van der Waals surface area contributed by atoms with E-state index in [0.29, 0.717) is 5.69 Å². The van der Waals surface area contributed by atoms with Crippen molar-refractivity contribution in [3.8, 4) is 0 Å². The van der Waals surface area contributed by atoms with E-state index in [0.717, 1.165) is 48.1 Å². The van der Waals surface area contributed by atoms with E-state index in [1.54, 1.807) is 0 Å². The van der Waals surface area contributed by atoms with Gasteiger partial charge in [-0.2, -0.15) is 11.8 Å². The number of hydrogen-bond acceptors (Lipinski definition) is 5. The molecule has 0 spiro atoms. The first kappa shape index (κ1) is 14.2. The molecule has 0 aliphatic rings. The lowest BCUT2D eigenvalue weighted by Gasteiger charge is -2.16. The molecule has 0 unspecified atom stereocenters. The monoisotopic (exact) mass is 279 g/mol. The van der Waals surface area contributed by atoms with Crippen LogP contribution in [0.4, 0.5) is 5.69 Å². The Morgan fingerprint density at radius 3 is 2.84 bits per heavy atom. The van der Waals surface area contributed by atoms with Crippen molar-refractivity contribution >= 4 is 28.5 Å². The fraction of sp³-hybridized carbons (Fsp3) is 0.500. The van der Waals surface area contributed by atoms with Crippen LogP contribution >= 0.6 is 11.8 Å². The van der Waals surface area contributed by atoms with Crippen molar-refractivity contribution in [3.05, 3.63) is 24.1 Å². The van der Waals surface area contributed by atoms with Gasteiger partial charge in [0.05, 0.1) is 5.75 Å². The molecule has 0 aliphatic carbocycles. The number of anilines is 1. The molecule has 2 N–H and O–H groups in total. The molecule has 19 heavy (non-hydrogen) atoms. The number of benzene rings is 1. The third kappa shape index (κ3) is 3.88. The Balaban J connectivity index is 1.84. The normalized spacial score (nSPS) is 11.5. The maximum atomic E-state index is 5.72. The van der Waals surface area contributed by atoms with Gasteiger partial charge in [0.1, 0.15) is 5.52 Å². The van der Waals surface area contributed by atoms with Crippen LogP contribution in [0.2, 0.25) is 0 Å². The van der Waals surface area contributed by atoms with E-state index in [1.165, 1.54) is 0 Å². The fourth-order valence-corrected chi connectivity index (χ4v) is 2.77. The lowest BCUT2D eigenvalue weighted by Crippen LogP contribution is -2.25. The number of fused-ring (bicyclic) bond motifs is 1. The summed E-state index contributed by atoms with van der Waals surface area (Å²) >= 11 is 1.86. The van der Waals surface area contributed by atoms with Crippen molar-refractivity contribution in [1.29, 1.82) is 0 Å². The van der Waals surface area contributed by atoms with Crippen LogP contribution in [-0.2, 0) is 5.75 Å². The summed E-state index contributed by atoms with van der Waals surface area (Å²) in [6, 6.07) is 5.58. The highest BCUT2D eigenvalue weighted by atomic mass is 32.2. The summed E-state index contributed by atoms with van der Waals surface area (Å²) in [6.45, 7) is 7.72. The SMILES string of the molecule is CCN(CC)CCSCc1nc2ccc(N)cc2o1. The molecular weight excluding hydrogens is 258 g/mol. The van der Waals surface area contributed by atoms with E-state index < -0.39 is 0 Å². The molecule has 0 fully saturated rings. The predicted octanol–water partition coefficient (Wildman–Crippen LogP) is 2.99. The van der Waals surface area contributed by atoms with Crippen LogP contribution < -0.4 is 5.73 Å². The van der Waals surface area contributed by atoms with Crippen LogP contribution in [0.3, 0.4) is 0 Å². The number of nitrogens with zero attached hydrogens (tertiary/aromatic N) is 2. The van der Waals surface area contributed by atoms with E-state index in [-0.39, 0.29) is 0 Å². The van der Waals surface area contributed by atoms with Gasteiger partial charge in [0.2, 0.25) is 5.89 Å². The molecule has 104 valence electrons. The molecule has 4 nitrogen and oxygen atoms in total. The second kappa shape index (κ2) is 6.82. The number of thioether (sulfide) groups is 1. The van der Waals surface area contributed by atoms with Gasteiger partial charge in [-0.1, -0.05) is 13.8 Å². The van der Waals surface area contributed by atoms with Crippen LogP contribution in [0.5, 0.6) is 0 Å². The average Bonchev–Trinajstić information content (AvgIpc) is 2.80. The van der Waals surface area contributed by atoms with Crippen molar-refractivity contribution in [2.45, 2.75) is 19.6 Å². The van der Waals surface area contributed by atoms with E-state index in [4.69, 9.17) is 10.2 Å². The standard InChI is InChI=1S/C14H21N3OS/c1-3-17(4-2)7-8-19-10-14-16-12-6-5-11(15)9-13(12)18-14/h5-6,9H,3-4,7-8,10,15H2,1-2H3. The predicted molar refractivity (Wildman–Crippen MR) is 82.4 cm³/mol. The van der Waals surface area contributed by atoms with E-state index in [9.17, 15) is 0 Å². The molecule has 0 radical (unpaired) electrons. The van der Waals surface area contributed by atoms with Gasteiger partial charge in [0.25, 0.3) is 0 Å². The Bertz CT molecular complexity index is 522. The molecule has 1 heterocycles. The van der Waals surface area contributed by atoms with Crippen molar-refractivity contribution in [3.63, 3.8) is 0 Å². The summed E-state index contributed by atoms with van der Waals surface area (Å²) in [5.41, 5.74) is 8.09. The van der Waals surface area contributed by atoms with Gasteiger partial charge in [0, 0.05) is 24.1 Å². The number of rotatable bonds is 7. The zero-order chi connectivity index (χ0) is 13.7. The van der Waals surface area contributed by atoms with E-state index in [2.05, 4.69) is 23.7 Å². The lowest BCUT2D eigenvalue weighted by atomic mass is 10.3. The summed E-state index contributed by atoms with van der Waals surface area (Å²) in [4.78, 5) is 6.87. The number of nitrogen functional groups attached to an aromatic ring is 1. The van der Waals surface area contributed by atoms with Gasteiger partial charge in [-0.05, 0) is 25.2 Å². The lowest BCUT2D eigenvalue weighted by molar-refractivity contribution is 0.324. The third-order valence-electron chi connectivity index (χ3n) is 3.13. The highest BCUT2D eigenvalue weighted by Gasteiger charge is 2.06. The highest BCUT2D eigenvalue weighted by Crippen LogP contribution is 2.21. The van der Waals surface area contributed by atoms with Crippen LogP contribution in [0.25, 0.3) is 11.1 Å². The first-order valence-corrected chi connectivity index (χ1v) is 7.83. The van der Waals surface area contributed by atoms with Crippen LogP contribution in [0, 0.1) is 0 Å². The Hall–Kier alpha value is -1.20. The first-order chi connectivity index (χ1) is 9.22. The molecule has 0 aliphatic heterocycles. The zero-order valence-corrected chi connectivity index (χ0v) is 12.4. The molecule has 2 rings (SSSR count). The third-order valence-corrected chi connectivity index (χ3v) is 4.05. The second-order valence-corrected chi connectivity index (χ2v) is 5.52. The minimum atomic E-state index is 0.712. The first-order valence-electron chi connectivity index (χ1n) is 6.68. The maximum absolute atomic E-state index is 5.72. The number of hydrogen-bond donors (Lipinski definition) is 1. The Kier molecular flexibility index (Phi) is 5.10. The molecule has 0 saturated heterocycles. The topological polar surface area (TPSA) is 55.3 Å². The largest absolute Gasteiger partial charge is 0.440 e. The molecule has 0 atom stereocenters. The van der Waals surface area contributed by atoms with Gasteiger partial charge < -0.3 is 15.1 Å². The average molecular weight is 279 g/mol. The molecule has 0 saturated carbocycles. The fourth-order valence-electron chi connectivity index (χ4n) is 1.94. The van der Waals surface area contributed by atoms with Crippen LogP contribution in [0.1, 0.15) is 19.7 Å². The summed E-state index contributed by atoms with van der Waals surface area (Å²) in [5.74, 6) is 2.70. The van der Waals surface area contributed by atoms with Crippen molar-refractivity contribution in [2.24, 2.45) is 0 Å². The van der Waals surface area contributed by atoms with Crippen LogP contribution in [-0.4, -0.2) is 35.3 Å². The van der Waals surface area contributed by atoms with E-state index in [1.807, 2.05) is 30.0 Å². The van der Waals surface area contributed by atoms with Crippen LogP contribution in [0.15, 0.2) is 22.6 Å². The number of oxazole rings is 1. The second-order valence-electron chi connectivity index (χ2n) is 4.41. The molecular formula is C14H21N3OS. The maximum Gasteiger partial charge on any atom is 0.205 e. The molecule has 1 aromatic carbocycles. The van der Waals surface area contributed by atoms with E-state index >= 15 is 0 Å². The minimum Gasteiger partial charge on any atom is -0.440 e. The molecule has 2 aromatic rings. The Morgan fingerprint density at radius 2 is 2.11 bits per heavy atom. The summed E-state index contributed by atoms with van der Waals surface area (Å²) in [7, 11) is 0. The molecule has 5 heteroatoms. The van der Waals surface area contributed by atoms with Crippen molar-refractivity contribution < 1.29 is 4.42 Å². The van der Waals surface area contributed by atoms with Gasteiger partial charge in [-0.25, -0.2) is 4.98 Å². The van der Waals surface area contributed by atoms with Gasteiger partial charge in [-0.15, -0.1) is 0 Å². The summed E-state index contributed by atoms with van der Waals surface area (Å²) in [6.07, 6.45) is 0. The molecule has 0 bridgehead atoms. The smallest absolute Gasteiger partial charge is 0.205 e. The highest BCUT2D eigenvalue weighted by molar-refractivity contribution is 7.98. The zero-order valence-electron chi connectivity index (χ0n) is 11.6.